The molecule has 0 bridgehead atoms. The molecule has 18 heavy (non-hydrogen) atoms. The summed E-state index contributed by atoms with van der Waals surface area (Å²) in [5.41, 5.74) is 2.69. The quantitative estimate of drug-likeness (QED) is 0.785. The van der Waals surface area contributed by atoms with Crippen LogP contribution in [0.15, 0.2) is 24.3 Å². The molecule has 0 saturated carbocycles. The van der Waals surface area contributed by atoms with Crippen LogP contribution >= 0.6 is 0 Å². The second kappa shape index (κ2) is 7.42. The normalized spacial score (nSPS) is 12.8. The predicted molar refractivity (Wildman–Crippen MR) is 81.3 cm³/mol. The van der Waals surface area contributed by atoms with E-state index in [-0.39, 0.29) is 0 Å². The molecular weight excluding hydrogens is 220 g/mol. The highest BCUT2D eigenvalue weighted by molar-refractivity contribution is 5.48. The van der Waals surface area contributed by atoms with E-state index in [0.29, 0.717) is 12.1 Å². The zero-order valence-corrected chi connectivity index (χ0v) is 12.5. The standard InChI is InChI=1S/C16H28N2/c1-6-12-18(13(3)4)16-10-8-15(9-11-16)14(5)17-7-2/h8-11,13-14,17H,6-7,12H2,1-5H3. The van der Waals surface area contributed by atoms with Crippen molar-refractivity contribution in [2.24, 2.45) is 0 Å². The minimum absolute atomic E-state index is 0.433. The Kier molecular flexibility index (Phi) is 6.20. The fraction of sp³-hybridized carbons (Fsp3) is 0.625. The van der Waals surface area contributed by atoms with Crippen molar-refractivity contribution in [1.82, 2.24) is 5.32 Å². The largest absolute Gasteiger partial charge is 0.369 e. The number of benzene rings is 1. The monoisotopic (exact) mass is 248 g/mol. The molecule has 0 radical (unpaired) electrons. The Morgan fingerprint density at radius 1 is 1.06 bits per heavy atom. The van der Waals surface area contributed by atoms with Gasteiger partial charge in [0.25, 0.3) is 0 Å². The second-order valence-electron chi connectivity index (χ2n) is 5.16. The SMILES string of the molecule is CCCN(c1ccc(C(C)NCC)cc1)C(C)C. The molecule has 1 atom stereocenters. The third kappa shape index (κ3) is 4.02. The molecule has 1 aromatic carbocycles. The first-order valence-electron chi connectivity index (χ1n) is 7.20. The van der Waals surface area contributed by atoms with Gasteiger partial charge >= 0.3 is 0 Å². The zero-order chi connectivity index (χ0) is 13.5. The summed E-state index contributed by atoms with van der Waals surface area (Å²) in [5, 5.41) is 3.44. The van der Waals surface area contributed by atoms with Gasteiger partial charge in [-0.15, -0.1) is 0 Å². The van der Waals surface area contributed by atoms with Gasteiger partial charge in [0, 0.05) is 24.3 Å². The van der Waals surface area contributed by atoms with E-state index in [1.54, 1.807) is 0 Å². The summed E-state index contributed by atoms with van der Waals surface area (Å²) in [5.74, 6) is 0. The van der Waals surface area contributed by atoms with Crippen molar-refractivity contribution in [2.45, 2.75) is 53.1 Å². The van der Waals surface area contributed by atoms with E-state index in [2.05, 4.69) is 69.1 Å². The minimum Gasteiger partial charge on any atom is -0.369 e. The van der Waals surface area contributed by atoms with Crippen molar-refractivity contribution in [2.75, 3.05) is 18.0 Å². The highest BCUT2D eigenvalue weighted by Gasteiger charge is 2.10. The van der Waals surface area contributed by atoms with Crippen LogP contribution in [-0.4, -0.2) is 19.1 Å². The minimum atomic E-state index is 0.433. The van der Waals surface area contributed by atoms with Gasteiger partial charge < -0.3 is 10.2 Å². The maximum Gasteiger partial charge on any atom is 0.0368 e. The van der Waals surface area contributed by atoms with E-state index in [9.17, 15) is 0 Å². The van der Waals surface area contributed by atoms with Crippen LogP contribution in [0.5, 0.6) is 0 Å². The van der Waals surface area contributed by atoms with E-state index in [1.807, 2.05) is 0 Å². The summed E-state index contributed by atoms with van der Waals surface area (Å²) < 4.78 is 0. The predicted octanol–water partition coefficient (Wildman–Crippen LogP) is 3.98. The number of rotatable bonds is 7. The maximum atomic E-state index is 3.44. The molecule has 0 heterocycles. The van der Waals surface area contributed by atoms with Gasteiger partial charge in [0.05, 0.1) is 0 Å². The second-order valence-corrected chi connectivity index (χ2v) is 5.16. The van der Waals surface area contributed by atoms with Crippen molar-refractivity contribution in [3.8, 4) is 0 Å². The van der Waals surface area contributed by atoms with Crippen molar-refractivity contribution < 1.29 is 0 Å². The first-order valence-corrected chi connectivity index (χ1v) is 7.20. The molecule has 1 unspecified atom stereocenters. The van der Waals surface area contributed by atoms with Crippen molar-refractivity contribution in [1.29, 1.82) is 0 Å². The highest BCUT2D eigenvalue weighted by atomic mass is 15.1. The van der Waals surface area contributed by atoms with Gasteiger partial charge in [-0.05, 0) is 51.4 Å². The summed E-state index contributed by atoms with van der Waals surface area (Å²) in [4.78, 5) is 2.46. The summed E-state index contributed by atoms with van der Waals surface area (Å²) in [7, 11) is 0. The smallest absolute Gasteiger partial charge is 0.0368 e. The van der Waals surface area contributed by atoms with E-state index >= 15 is 0 Å². The number of hydrogen-bond acceptors (Lipinski definition) is 2. The van der Waals surface area contributed by atoms with Gasteiger partial charge in [0.15, 0.2) is 0 Å². The van der Waals surface area contributed by atoms with Crippen LogP contribution in [0.25, 0.3) is 0 Å². The van der Waals surface area contributed by atoms with Crippen molar-refractivity contribution in [3.63, 3.8) is 0 Å². The van der Waals surface area contributed by atoms with Crippen LogP contribution in [0.2, 0.25) is 0 Å². The van der Waals surface area contributed by atoms with E-state index < -0.39 is 0 Å². The average molecular weight is 248 g/mol. The lowest BCUT2D eigenvalue weighted by atomic mass is 10.1. The third-order valence-electron chi connectivity index (χ3n) is 3.32. The Morgan fingerprint density at radius 3 is 2.11 bits per heavy atom. The molecule has 1 aromatic rings. The maximum absolute atomic E-state index is 3.44. The molecule has 0 saturated heterocycles. The first kappa shape index (κ1) is 15.0. The lowest BCUT2D eigenvalue weighted by molar-refractivity contribution is 0.598. The summed E-state index contributed by atoms with van der Waals surface area (Å²) >= 11 is 0. The molecule has 0 aliphatic rings. The molecular formula is C16H28N2. The van der Waals surface area contributed by atoms with Crippen LogP contribution in [0.3, 0.4) is 0 Å². The lowest BCUT2D eigenvalue weighted by Gasteiger charge is -2.29. The highest BCUT2D eigenvalue weighted by Crippen LogP contribution is 2.21. The van der Waals surface area contributed by atoms with Gasteiger partial charge in [0.2, 0.25) is 0 Å². The van der Waals surface area contributed by atoms with Crippen LogP contribution in [-0.2, 0) is 0 Å². The Bertz CT molecular complexity index is 329. The fourth-order valence-electron chi connectivity index (χ4n) is 2.30. The van der Waals surface area contributed by atoms with Crippen molar-refractivity contribution >= 4 is 5.69 Å². The van der Waals surface area contributed by atoms with Gasteiger partial charge in [-0.2, -0.15) is 0 Å². The van der Waals surface area contributed by atoms with Gasteiger partial charge in [-0.25, -0.2) is 0 Å². The molecule has 2 heteroatoms. The molecule has 2 nitrogen and oxygen atoms in total. The molecule has 0 spiro atoms. The van der Waals surface area contributed by atoms with Gasteiger partial charge in [-0.1, -0.05) is 26.0 Å². The van der Waals surface area contributed by atoms with Crippen LogP contribution in [0.4, 0.5) is 5.69 Å². The Labute approximate surface area is 112 Å². The Balaban J connectivity index is 2.80. The molecule has 0 aromatic heterocycles. The van der Waals surface area contributed by atoms with E-state index in [1.165, 1.54) is 17.7 Å². The molecule has 1 rings (SSSR count). The number of hydrogen-bond donors (Lipinski definition) is 1. The zero-order valence-electron chi connectivity index (χ0n) is 12.5. The lowest BCUT2D eigenvalue weighted by Crippen LogP contribution is -2.31. The van der Waals surface area contributed by atoms with Crippen LogP contribution in [0, 0.1) is 0 Å². The van der Waals surface area contributed by atoms with Crippen molar-refractivity contribution in [3.05, 3.63) is 29.8 Å². The molecule has 102 valence electrons. The average Bonchev–Trinajstić information content (AvgIpc) is 2.36. The molecule has 0 amide bonds. The third-order valence-corrected chi connectivity index (χ3v) is 3.32. The topological polar surface area (TPSA) is 15.3 Å². The Morgan fingerprint density at radius 2 is 1.67 bits per heavy atom. The summed E-state index contributed by atoms with van der Waals surface area (Å²) in [6.07, 6.45) is 1.19. The first-order chi connectivity index (χ1) is 8.60. The van der Waals surface area contributed by atoms with Crippen LogP contribution < -0.4 is 10.2 Å². The van der Waals surface area contributed by atoms with Crippen LogP contribution in [0.1, 0.15) is 52.6 Å². The number of nitrogens with one attached hydrogen (secondary N) is 1. The number of anilines is 1. The Hall–Kier alpha value is -1.02. The molecule has 0 aliphatic carbocycles. The van der Waals surface area contributed by atoms with Gasteiger partial charge in [-0.3, -0.25) is 0 Å². The van der Waals surface area contributed by atoms with Gasteiger partial charge in [0.1, 0.15) is 0 Å². The summed E-state index contributed by atoms with van der Waals surface area (Å²) in [6, 6.07) is 9.98. The summed E-state index contributed by atoms with van der Waals surface area (Å²) in [6.45, 7) is 13.2. The molecule has 1 N–H and O–H groups in total. The molecule has 0 aliphatic heterocycles. The number of nitrogens with zero attached hydrogens (tertiary/aromatic N) is 1. The fourth-order valence-corrected chi connectivity index (χ4v) is 2.30. The van der Waals surface area contributed by atoms with E-state index in [0.717, 1.165) is 13.1 Å². The molecule has 0 fully saturated rings. The van der Waals surface area contributed by atoms with E-state index in [4.69, 9.17) is 0 Å².